The molecule has 2 aromatic rings. The van der Waals surface area contributed by atoms with Gasteiger partial charge in [0.15, 0.2) is 11.2 Å². The molecule has 0 fully saturated rings. The van der Waals surface area contributed by atoms with Gasteiger partial charge in [0, 0.05) is 6.07 Å². The molecule has 0 N–H and O–H groups in total. The Hall–Kier alpha value is -1.61. The van der Waals surface area contributed by atoms with Crippen LogP contribution in [0.3, 0.4) is 0 Å². The summed E-state index contributed by atoms with van der Waals surface area (Å²) in [4.78, 5) is 22.4. The summed E-state index contributed by atoms with van der Waals surface area (Å²) in [5.74, 6) is -0.127. The maximum absolute atomic E-state index is 11.6. The molecule has 1 aromatic heterocycles. The van der Waals surface area contributed by atoms with Gasteiger partial charge in [0.1, 0.15) is 5.58 Å². The van der Waals surface area contributed by atoms with Gasteiger partial charge in [-0.25, -0.2) is 0 Å². The van der Waals surface area contributed by atoms with Crippen LogP contribution in [0.2, 0.25) is 0 Å². The van der Waals surface area contributed by atoms with Gasteiger partial charge in [0.25, 0.3) is 5.24 Å². The highest BCUT2D eigenvalue weighted by Crippen LogP contribution is 2.14. The second-order valence-electron chi connectivity index (χ2n) is 3.25. The highest BCUT2D eigenvalue weighted by atomic mass is 35.5. The van der Waals surface area contributed by atoms with Crippen LogP contribution in [-0.2, 0) is 0 Å². The maximum Gasteiger partial charge on any atom is 0.287 e. The number of rotatable bonds is 1. The summed E-state index contributed by atoms with van der Waals surface area (Å²) in [7, 11) is 0. The van der Waals surface area contributed by atoms with Crippen molar-refractivity contribution >= 4 is 27.8 Å². The molecule has 0 amide bonds. The molecule has 1 aromatic carbocycles. The molecule has 0 aliphatic carbocycles. The van der Waals surface area contributed by atoms with E-state index in [1.165, 1.54) is 0 Å². The summed E-state index contributed by atoms with van der Waals surface area (Å²) in [6.07, 6.45) is 0. The minimum atomic E-state index is -0.769. The molecule has 0 saturated carbocycles. The quantitative estimate of drug-likeness (QED) is 0.697. The molecule has 0 radical (unpaired) electrons. The summed E-state index contributed by atoms with van der Waals surface area (Å²) in [5.41, 5.74) is 1.07. The fraction of sp³-hybridized carbons (Fsp3) is 0.0909. The van der Waals surface area contributed by atoms with Gasteiger partial charge in [-0.1, -0.05) is 11.6 Å². The van der Waals surface area contributed by atoms with Gasteiger partial charge in [0.2, 0.25) is 0 Å². The molecule has 1 heterocycles. The lowest BCUT2D eigenvalue weighted by molar-refractivity contribution is 0.105. The van der Waals surface area contributed by atoms with Crippen molar-refractivity contribution in [1.29, 1.82) is 0 Å². The summed E-state index contributed by atoms with van der Waals surface area (Å²) in [6.45, 7) is 1.87. The summed E-state index contributed by atoms with van der Waals surface area (Å²) in [5, 5.41) is -0.314. The molecule has 0 spiro atoms. The zero-order valence-electron chi connectivity index (χ0n) is 7.91. The molecular weight excluding hydrogens is 216 g/mol. The van der Waals surface area contributed by atoms with Gasteiger partial charge >= 0.3 is 0 Å². The third-order valence-corrected chi connectivity index (χ3v) is 2.26. The second-order valence-corrected chi connectivity index (χ2v) is 3.59. The van der Waals surface area contributed by atoms with Crippen molar-refractivity contribution in [3.05, 3.63) is 45.8 Å². The van der Waals surface area contributed by atoms with E-state index in [4.69, 9.17) is 16.0 Å². The largest absolute Gasteiger partial charge is 0.451 e. The molecule has 15 heavy (non-hydrogen) atoms. The lowest BCUT2D eigenvalue weighted by Crippen LogP contribution is -2.03. The Kier molecular flexibility index (Phi) is 2.32. The van der Waals surface area contributed by atoms with Crippen molar-refractivity contribution < 1.29 is 9.21 Å². The van der Waals surface area contributed by atoms with Gasteiger partial charge in [-0.3, -0.25) is 9.59 Å². The first-order valence-electron chi connectivity index (χ1n) is 4.32. The minimum absolute atomic E-state index is 0.127. The zero-order valence-corrected chi connectivity index (χ0v) is 8.67. The van der Waals surface area contributed by atoms with Crippen molar-refractivity contribution in [1.82, 2.24) is 0 Å². The fourth-order valence-electron chi connectivity index (χ4n) is 1.37. The molecule has 4 heteroatoms. The molecule has 0 saturated heterocycles. The average molecular weight is 223 g/mol. The van der Waals surface area contributed by atoms with Crippen molar-refractivity contribution in [3.63, 3.8) is 0 Å². The van der Waals surface area contributed by atoms with Crippen LogP contribution in [0.15, 0.2) is 33.5 Å². The van der Waals surface area contributed by atoms with E-state index in [-0.39, 0.29) is 11.2 Å². The van der Waals surface area contributed by atoms with Crippen LogP contribution in [0.5, 0.6) is 0 Å². The Bertz CT molecular complexity index is 598. The summed E-state index contributed by atoms with van der Waals surface area (Å²) >= 11 is 5.24. The van der Waals surface area contributed by atoms with Crippen LogP contribution in [0.4, 0.5) is 0 Å². The molecular formula is C11H7ClO3. The number of fused-ring (bicyclic) bond motifs is 1. The number of benzene rings is 1. The van der Waals surface area contributed by atoms with E-state index in [1.807, 2.05) is 6.92 Å². The van der Waals surface area contributed by atoms with Crippen LogP contribution in [-0.4, -0.2) is 5.24 Å². The van der Waals surface area contributed by atoms with Crippen molar-refractivity contribution in [2.75, 3.05) is 0 Å². The van der Waals surface area contributed by atoms with E-state index in [9.17, 15) is 9.59 Å². The van der Waals surface area contributed by atoms with Gasteiger partial charge in [-0.2, -0.15) is 0 Å². The third-order valence-electron chi connectivity index (χ3n) is 2.08. The first-order chi connectivity index (χ1) is 7.08. The van der Waals surface area contributed by atoms with Crippen molar-refractivity contribution in [2.45, 2.75) is 6.92 Å². The van der Waals surface area contributed by atoms with Crippen LogP contribution >= 0.6 is 11.6 Å². The highest BCUT2D eigenvalue weighted by molar-refractivity contribution is 6.67. The number of carbonyl (C=O) groups is 1. The summed E-state index contributed by atoms with van der Waals surface area (Å²) in [6, 6.07) is 6.27. The Morgan fingerprint density at radius 1 is 1.33 bits per heavy atom. The van der Waals surface area contributed by atoms with E-state index >= 15 is 0 Å². The molecule has 76 valence electrons. The monoisotopic (exact) mass is 222 g/mol. The van der Waals surface area contributed by atoms with E-state index in [0.29, 0.717) is 11.0 Å². The minimum Gasteiger partial charge on any atom is -0.451 e. The normalized spacial score (nSPS) is 10.5. The SMILES string of the molecule is Cc1ccc2oc(C(=O)Cl)cc(=O)c2c1. The molecule has 3 nitrogen and oxygen atoms in total. The number of aryl methyl sites for hydroxylation is 1. The predicted octanol–water partition coefficient (Wildman–Crippen LogP) is 2.48. The van der Waals surface area contributed by atoms with Gasteiger partial charge in [-0.05, 0) is 30.7 Å². The standard InChI is InChI=1S/C11H7ClO3/c1-6-2-3-9-7(4-6)8(13)5-10(15-9)11(12)14/h2-5H,1H3. The van der Waals surface area contributed by atoms with Crippen LogP contribution in [0.1, 0.15) is 16.1 Å². The predicted molar refractivity (Wildman–Crippen MR) is 57.4 cm³/mol. The first kappa shape index (κ1) is 9.93. The van der Waals surface area contributed by atoms with Crippen molar-refractivity contribution in [3.8, 4) is 0 Å². The van der Waals surface area contributed by atoms with Crippen molar-refractivity contribution in [2.24, 2.45) is 0 Å². The van der Waals surface area contributed by atoms with Crippen LogP contribution in [0.25, 0.3) is 11.0 Å². The lowest BCUT2D eigenvalue weighted by Gasteiger charge is -1.99. The topological polar surface area (TPSA) is 47.3 Å². The van der Waals surface area contributed by atoms with Crippen LogP contribution in [0, 0.1) is 6.92 Å². The Balaban J connectivity index is 2.84. The van der Waals surface area contributed by atoms with Gasteiger partial charge in [-0.15, -0.1) is 0 Å². The Morgan fingerprint density at radius 3 is 2.73 bits per heavy atom. The number of halogens is 1. The fourth-order valence-corrected chi connectivity index (χ4v) is 1.46. The molecule has 0 aliphatic rings. The Labute approximate surface area is 90.3 Å². The molecule has 0 atom stereocenters. The van der Waals surface area contributed by atoms with Gasteiger partial charge < -0.3 is 4.42 Å². The van der Waals surface area contributed by atoms with E-state index in [2.05, 4.69) is 0 Å². The number of carbonyl (C=O) groups excluding carboxylic acids is 1. The average Bonchev–Trinajstić information content (AvgIpc) is 2.18. The van der Waals surface area contributed by atoms with Crippen LogP contribution < -0.4 is 5.43 Å². The molecule has 0 unspecified atom stereocenters. The third kappa shape index (κ3) is 1.78. The van der Waals surface area contributed by atoms with Gasteiger partial charge in [0.05, 0.1) is 5.39 Å². The molecule has 0 bridgehead atoms. The molecule has 0 aliphatic heterocycles. The van der Waals surface area contributed by atoms with E-state index in [1.54, 1.807) is 18.2 Å². The zero-order chi connectivity index (χ0) is 11.0. The highest BCUT2D eigenvalue weighted by Gasteiger charge is 2.09. The number of hydrogen-bond donors (Lipinski definition) is 0. The van der Waals surface area contributed by atoms with E-state index < -0.39 is 5.24 Å². The second kappa shape index (κ2) is 3.51. The maximum atomic E-state index is 11.6. The number of hydrogen-bond acceptors (Lipinski definition) is 3. The van der Waals surface area contributed by atoms with E-state index in [0.717, 1.165) is 11.6 Å². The first-order valence-corrected chi connectivity index (χ1v) is 4.70. The lowest BCUT2D eigenvalue weighted by atomic mass is 10.1. The Morgan fingerprint density at radius 2 is 2.07 bits per heavy atom. The molecule has 2 rings (SSSR count). The summed E-state index contributed by atoms with van der Waals surface area (Å²) < 4.78 is 5.18. The smallest absolute Gasteiger partial charge is 0.287 e.